The van der Waals surface area contributed by atoms with Crippen LogP contribution >= 0.6 is 0 Å². The Bertz CT molecular complexity index is 899. The van der Waals surface area contributed by atoms with Crippen LogP contribution in [0.25, 0.3) is 10.8 Å². The minimum absolute atomic E-state index is 0.738. The Morgan fingerprint density at radius 1 is 0.964 bits per heavy atom. The topological polar surface area (TPSA) is 50.7 Å². The number of nitrogens with zero attached hydrogens (tertiary/aromatic N) is 3. The van der Waals surface area contributed by atoms with Crippen LogP contribution in [0.3, 0.4) is 0 Å². The van der Waals surface area contributed by atoms with Crippen molar-refractivity contribution in [2.24, 2.45) is 0 Å². The molecule has 0 amide bonds. The van der Waals surface area contributed by atoms with E-state index >= 15 is 0 Å². The monoisotopic (exact) mass is 374 g/mol. The quantitative estimate of drug-likeness (QED) is 0.418. The highest BCUT2D eigenvalue weighted by molar-refractivity contribution is 5.93. The van der Waals surface area contributed by atoms with Crippen molar-refractivity contribution in [1.29, 1.82) is 0 Å². The van der Waals surface area contributed by atoms with E-state index in [4.69, 9.17) is 0 Å². The van der Waals surface area contributed by atoms with Crippen LogP contribution in [0.4, 0.5) is 5.82 Å². The van der Waals surface area contributed by atoms with E-state index in [1.54, 1.807) is 12.4 Å². The highest BCUT2D eigenvalue weighted by Gasteiger charge is 2.10. The van der Waals surface area contributed by atoms with Crippen LogP contribution in [0, 0.1) is 0 Å². The van der Waals surface area contributed by atoms with Crippen LogP contribution in [0.1, 0.15) is 39.0 Å². The van der Waals surface area contributed by atoms with Gasteiger partial charge in [0.05, 0.1) is 5.69 Å². The molecule has 0 fully saturated rings. The Morgan fingerprint density at radius 3 is 2.21 bits per heavy atom. The number of rotatable bonds is 5. The van der Waals surface area contributed by atoms with Gasteiger partial charge in [-0.05, 0) is 37.6 Å². The van der Waals surface area contributed by atoms with E-state index in [1.165, 1.54) is 5.56 Å². The maximum atomic E-state index is 4.47. The Labute approximate surface area is 168 Å². The van der Waals surface area contributed by atoms with Crippen LogP contribution < -0.4 is 5.32 Å². The van der Waals surface area contributed by atoms with Gasteiger partial charge in [0.2, 0.25) is 0 Å². The van der Waals surface area contributed by atoms with Gasteiger partial charge in [-0.3, -0.25) is 4.98 Å². The van der Waals surface area contributed by atoms with Crippen LogP contribution in [0.15, 0.2) is 85.9 Å². The van der Waals surface area contributed by atoms with Gasteiger partial charge in [-0.15, -0.1) is 18.3 Å². The number of fused-ring (bicyclic) bond motifs is 1. The van der Waals surface area contributed by atoms with E-state index in [0.717, 1.165) is 34.4 Å². The first-order valence-corrected chi connectivity index (χ1v) is 9.51. The van der Waals surface area contributed by atoms with Crippen molar-refractivity contribution in [3.8, 4) is 0 Å². The van der Waals surface area contributed by atoms with Crippen LogP contribution in [0.2, 0.25) is 0 Å². The Kier molecular flexibility index (Phi) is 10.6. The van der Waals surface area contributed by atoms with Gasteiger partial charge < -0.3 is 5.32 Å². The Morgan fingerprint density at radius 2 is 1.61 bits per heavy atom. The Hall–Kier alpha value is -3.27. The molecule has 4 heteroatoms. The van der Waals surface area contributed by atoms with Crippen molar-refractivity contribution in [2.45, 2.75) is 34.1 Å². The van der Waals surface area contributed by atoms with Crippen LogP contribution in [0.5, 0.6) is 0 Å². The van der Waals surface area contributed by atoms with Crippen molar-refractivity contribution in [3.05, 3.63) is 97.1 Å². The van der Waals surface area contributed by atoms with Gasteiger partial charge in [0.15, 0.2) is 5.82 Å². The molecule has 0 saturated heterocycles. The van der Waals surface area contributed by atoms with E-state index in [2.05, 4.69) is 45.8 Å². The first-order valence-electron chi connectivity index (χ1n) is 9.51. The smallest absolute Gasteiger partial charge is 0.160 e. The summed E-state index contributed by atoms with van der Waals surface area (Å²) in [5.74, 6) is 0.773. The van der Waals surface area contributed by atoms with Gasteiger partial charge in [0, 0.05) is 35.3 Å². The van der Waals surface area contributed by atoms with Gasteiger partial charge in [0.1, 0.15) is 0 Å². The number of allylic oxidation sites excluding steroid dienone is 3. The number of nitrogens with one attached hydrogen (secondary N) is 1. The summed E-state index contributed by atoms with van der Waals surface area (Å²) in [5, 5.41) is 14.4. The van der Waals surface area contributed by atoms with Crippen LogP contribution in [-0.2, 0) is 6.42 Å². The number of aromatic nitrogens is 3. The van der Waals surface area contributed by atoms with Gasteiger partial charge in [-0.1, -0.05) is 50.3 Å². The molecule has 0 aliphatic heterocycles. The molecule has 3 aromatic rings. The summed E-state index contributed by atoms with van der Waals surface area (Å²) in [6, 6.07) is 12.2. The second-order valence-electron chi connectivity index (χ2n) is 5.44. The molecule has 28 heavy (non-hydrogen) atoms. The average Bonchev–Trinajstić information content (AvgIpc) is 2.78. The zero-order valence-corrected chi connectivity index (χ0v) is 17.3. The fourth-order valence-electron chi connectivity index (χ4n) is 2.60. The molecule has 0 saturated carbocycles. The van der Waals surface area contributed by atoms with E-state index in [9.17, 15) is 0 Å². The molecule has 4 nitrogen and oxygen atoms in total. The first kappa shape index (κ1) is 22.8. The second kappa shape index (κ2) is 13.0. The summed E-state index contributed by atoms with van der Waals surface area (Å²) in [6.07, 6.45) is 10.4. The number of hydrogen-bond acceptors (Lipinski definition) is 4. The molecular weight excluding hydrogens is 344 g/mol. The van der Waals surface area contributed by atoms with Crippen molar-refractivity contribution in [2.75, 3.05) is 5.32 Å². The minimum atomic E-state index is 0.738. The third-order valence-corrected chi connectivity index (χ3v) is 3.80. The molecule has 0 bridgehead atoms. The SMILES string of the molecule is C/C=C\C(=C/C)Nc1nnc(Cc2ccncc2)c2ccccc12.C=C.CC. The summed E-state index contributed by atoms with van der Waals surface area (Å²) < 4.78 is 0. The molecule has 1 N–H and O–H groups in total. The number of hydrogen-bond donors (Lipinski definition) is 1. The molecule has 0 spiro atoms. The van der Waals surface area contributed by atoms with Crippen molar-refractivity contribution in [3.63, 3.8) is 0 Å². The second-order valence-corrected chi connectivity index (χ2v) is 5.44. The lowest BCUT2D eigenvalue weighted by molar-refractivity contribution is 0.958. The highest BCUT2D eigenvalue weighted by atomic mass is 15.2. The summed E-state index contributed by atoms with van der Waals surface area (Å²) in [4.78, 5) is 4.06. The van der Waals surface area contributed by atoms with E-state index in [1.807, 2.05) is 70.2 Å². The van der Waals surface area contributed by atoms with E-state index in [0.29, 0.717) is 0 Å². The van der Waals surface area contributed by atoms with Crippen molar-refractivity contribution >= 4 is 16.6 Å². The molecule has 146 valence electrons. The van der Waals surface area contributed by atoms with Gasteiger partial charge >= 0.3 is 0 Å². The average molecular weight is 375 g/mol. The van der Waals surface area contributed by atoms with Crippen LogP contribution in [-0.4, -0.2) is 15.2 Å². The lowest BCUT2D eigenvalue weighted by Crippen LogP contribution is -2.04. The molecule has 1 aromatic carbocycles. The molecule has 2 aromatic heterocycles. The van der Waals surface area contributed by atoms with Crippen molar-refractivity contribution in [1.82, 2.24) is 15.2 Å². The molecule has 0 unspecified atom stereocenters. The van der Waals surface area contributed by atoms with Gasteiger partial charge in [-0.25, -0.2) is 0 Å². The normalized spacial score (nSPS) is 10.6. The molecule has 0 aliphatic carbocycles. The zero-order valence-electron chi connectivity index (χ0n) is 17.3. The summed E-state index contributed by atoms with van der Waals surface area (Å²) in [5.41, 5.74) is 3.14. The summed E-state index contributed by atoms with van der Waals surface area (Å²) in [7, 11) is 0. The minimum Gasteiger partial charge on any atom is -0.339 e. The predicted molar refractivity (Wildman–Crippen MR) is 121 cm³/mol. The largest absolute Gasteiger partial charge is 0.339 e. The van der Waals surface area contributed by atoms with E-state index in [-0.39, 0.29) is 0 Å². The third kappa shape index (κ3) is 6.16. The maximum Gasteiger partial charge on any atom is 0.160 e. The van der Waals surface area contributed by atoms with Gasteiger partial charge in [0.25, 0.3) is 0 Å². The third-order valence-electron chi connectivity index (χ3n) is 3.80. The molecule has 0 radical (unpaired) electrons. The summed E-state index contributed by atoms with van der Waals surface area (Å²) in [6.45, 7) is 14.0. The number of pyridine rings is 1. The molecule has 3 rings (SSSR count). The number of benzene rings is 1. The standard InChI is InChI=1S/C20H20N4.C2H6.C2H4/c1-3-7-16(4-2)22-20-18-9-6-5-8-17(18)19(23-24-20)14-15-10-12-21-13-11-15;2*1-2/h3-13H,14H2,1-2H3,(H,22,24);1-2H3;1-2H2/b7-3-,16-4+;;. The van der Waals surface area contributed by atoms with Crippen molar-refractivity contribution < 1.29 is 0 Å². The summed E-state index contributed by atoms with van der Waals surface area (Å²) >= 11 is 0. The number of anilines is 1. The predicted octanol–water partition coefficient (Wildman–Crippen LogP) is 6.34. The fraction of sp³-hybridized carbons (Fsp3) is 0.208. The lowest BCUT2D eigenvalue weighted by Gasteiger charge is -2.11. The molecular formula is C24H30N4. The zero-order chi connectivity index (χ0) is 20.8. The van der Waals surface area contributed by atoms with E-state index < -0.39 is 0 Å². The Balaban J connectivity index is 0.000000921. The maximum absolute atomic E-state index is 4.47. The molecule has 0 aliphatic rings. The fourth-order valence-corrected chi connectivity index (χ4v) is 2.60. The molecule has 2 heterocycles. The first-order chi connectivity index (χ1) is 13.8. The van der Waals surface area contributed by atoms with Gasteiger partial charge in [-0.2, -0.15) is 5.10 Å². The molecule has 0 atom stereocenters. The lowest BCUT2D eigenvalue weighted by atomic mass is 10.0. The highest BCUT2D eigenvalue weighted by Crippen LogP contribution is 2.25.